The molecule has 10 nitrogen and oxygen atoms in total. The van der Waals surface area contributed by atoms with Gasteiger partial charge in [0, 0.05) is 12.0 Å². The Hall–Kier alpha value is -0.340. The van der Waals surface area contributed by atoms with Crippen molar-refractivity contribution < 1.29 is 44.5 Å². The molecule has 5 aliphatic rings. The summed E-state index contributed by atoms with van der Waals surface area (Å²) in [6.45, 7) is 11.4. The van der Waals surface area contributed by atoms with Crippen LogP contribution >= 0.6 is 0 Å². The molecule has 4 N–H and O–H groups in total. The van der Waals surface area contributed by atoms with Crippen molar-refractivity contribution in [3.63, 3.8) is 0 Å². The molecule has 13 atom stereocenters. The highest BCUT2D eigenvalue weighted by atomic mass is 32.3. The summed E-state index contributed by atoms with van der Waals surface area (Å²) in [5, 5.41) is 22.6. The molecule has 42 heavy (non-hydrogen) atoms. The molecule has 0 amide bonds. The van der Waals surface area contributed by atoms with Gasteiger partial charge in [-0.1, -0.05) is 34.6 Å². The van der Waals surface area contributed by atoms with Gasteiger partial charge in [-0.25, -0.2) is 8.37 Å². The van der Waals surface area contributed by atoms with Gasteiger partial charge < -0.3 is 10.2 Å². The highest BCUT2D eigenvalue weighted by Crippen LogP contribution is 2.69. The minimum Gasteiger partial charge on any atom is -0.396 e. The van der Waals surface area contributed by atoms with Gasteiger partial charge in [0.05, 0.1) is 6.10 Å². The van der Waals surface area contributed by atoms with Gasteiger partial charge in [-0.05, 0) is 122 Å². The Kier molecular flexibility index (Phi) is 8.79. The molecule has 5 saturated carbocycles. The molecule has 0 heterocycles. The zero-order valence-electron chi connectivity index (χ0n) is 25.7. The van der Waals surface area contributed by atoms with Gasteiger partial charge in [-0.2, -0.15) is 16.8 Å². The Labute approximate surface area is 252 Å². The first-order chi connectivity index (χ1) is 19.4. The molecular weight excluding hydrogens is 584 g/mol. The third-order valence-electron chi connectivity index (χ3n) is 13.6. The van der Waals surface area contributed by atoms with Crippen molar-refractivity contribution in [2.24, 2.45) is 63.6 Å². The van der Waals surface area contributed by atoms with Gasteiger partial charge in [-0.15, -0.1) is 0 Å². The van der Waals surface area contributed by atoms with Crippen molar-refractivity contribution in [1.29, 1.82) is 0 Å². The molecule has 5 aliphatic carbocycles. The average Bonchev–Trinajstić information content (AvgIpc) is 3.43. The van der Waals surface area contributed by atoms with Crippen LogP contribution in [0.15, 0.2) is 0 Å². The van der Waals surface area contributed by atoms with E-state index in [1.807, 2.05) is 0 Å². The molecule has 0 bridgehead atoms. The van der Waals surface area contributed by atoms with Crippen LogP contribution in [0.2, 0.25) is 0 Å². The maximum Gasteiger partial charge on any atom is 0.397 e. The third-order valence-corrected chi connectivity index (χ3v) is 14.6. The van der Waals surface area contributed by atoms with E-state index in [2.05, 4.69) is 34.6 Å². The van der Waals surface area contributed by atoms with Gasteiger partial charge in [-0.3, -0.25) is 9.11 Å². The fraction of sp³-hybridized carbons (Fsp3) is 1.00. The predicted molar refractivity (Wildman–Crippen MR) is 156 cm³/mol. The molecule has 0 aromatic rings. The van der Waals surface area contributed by atoms with E-state index >= 15 is 0 Å². The van der Waals surface area contributed by atoms with Gasteiger partial charge >= 0.3 is 20.8 Å². The summed E-state index contributed by atoms with van der Waals surface area (Å²) < 4.78 is 75.2. The Morgan fingerprint density at radius 2 is 1.52 bits per heavy atom. The normalized spacial score (nSPS) is 47.9. The van der Waals surface area contributed by atoms with E-state index in [-0.39, 0.29) is 60.4 Å². The summed E-state index contributed by atoms with van der Waals surface area (Å²) in [7, 11) is -9.77. The lowest BCUT2D eigenvalue weighted by molar-refractivity contribution is -0.162. The molecule has 0 saturated heterocycles. The number of fused-ring (bicyclic) bond motifs is 5. The number of aliphatic hydroxyl groups is 2. The second kappa shape index (κ2) is 11.2. The smallest absolute Gasteiger partial charge is 0.396 e. The molecule has 0 radical (unpaired) electrons. The van der Waals surface area contributed by atoms with E-state index < -0.39 is 44.5 Å². The first-order valence-electron chi connectivity index (χ1n) is 16.0. The quantitative estimate of drug-likeness (QED) is 0.247. The van der Waals surface area contributed by atoms with E-state index in [9.17, 15) is 36.2 Å². The van der Waals surface area contributed by atoms with Crippen molar-refractivity contribution in [2.45, 2.75) is 117 Å². The van der Waals surface area contributed by atoms with E-state index in [4.69, 9.17) is 8.37 Å². The zero-order chi connectivity index (χ0) is 31.0. The fourth-order valence-electron chi connectivity index (χ4n) is 11.5. The van der Waals surface area contributed by atoms with Crippen LogP contribution < -0.4 is 0 Å². The van der Waals surface area contributed by atoms with Gasteiger partial charge in [0.25, 0.3) is 0 Å². The summed E-state index contributed by atoms with van der Waals surface area (Å²) in [5.74, 6) is 2.17. The topological polar surface area (TPSA) is 168 Å². The number of rotatable bonds is 10. The minimum absolute atomic E-state index is 0.00201. The van der Waals surface area contributed by atoms with Crippen LogP contribution in [0.4, 0.5) is 0 Å². The summed E-state index contributed by atoms with van der Waals surface area (Å²) in [6, 6.07) is 0. The first-order valence-corrected chi connectivity index (χ1v) is 18.7. The second-order valence-corrected chi connectivity index (χ2v) is 17.6. The maximum atomic E-state index is 11.7. The number of hydrogen-bond acceptors (Lipinski definition) is 8. The molecule has 0 aliphatic heterocycles. The highest BCUT2D eigenvalue weighted by molar-refractivity contribution is 7.81. The van der Waals surface area contributed by atoms with Gasteiger partial charge in [0.1, 0.15) is 12.2 Å². The summed E-state index contributed by atoms with van der Waals surface area (Å²) in [4.78, 5) is 0. The zero-order valence-corrected chi connectivity index (χ0v) is 27.3. The van der Waals surface area contributed by atoms with Crippen LogP contribution in [0.1, 0.15) is 98.8 Å². The SMILES string of the molecule is CC(C)[C@]1(CC[C@@H](C)[C@H]2[C@@H](O)C[C@H]3[C@@H]4CC[C@H]5C[C@H](OS(=O)(=O)O)[C@@H](OS(=O)(=O)O)C[C@]5(C)[C@H]4CC[C@]23CO)C[C@@H]1C. The standard InChI is InChI=1S/C30H52O10S2/c1-17(2)29(14-19(29)4)10-8-18(3)27-24(32)13-23-21-7-6-20-12-25(39-41(33,34)35)26(40-42(36,37)38)15-28(20,5)22(21)9-11-30(23,27)16-31/h17-27,31-32H,6-16H2,1-5H3,(H,33,34,35)(H,36,37,38)/t18-,19+,20+,21-,22+,23+,24+,25+,26+,27+,28+,29+,30-/m1/s1. The molecule has 5 fully saturated rings. The van der Waals surface area contributed by atoms with Gasteiger partial charge in [0.15, 0.2) is 0 Å². The third kappa shape index (κ3) is 5.74. The van der Waals surface area contributed by atoms with Crippen LogP contribution in [-0.2, 0) is 29.2 Å². The van der Waals surface area contributed by atoms with Crippen molar-refractivity contribution in [3.05, 3.63) is 0 Å². The van der Waals surface area contributed by atoms with Crippen LogP contribution in [0.25, 0.3) is 0 Å². The van der Waals surface area contributed by atoms with Crippen LogP contribution in [0.3, 0.4) is 0 Å². The Morgan fingerprint density at radius 3 is 2.07 bits per heavy atom. The lowest BCUT2D eigenvalue weighted by atomic mass is 9.44. The van der Waals surface area contributed by atoms with Crippen molar-refractivity contribution >= 4 is 20.8 Å². The summed E-state index contributed by atoms with van der Waals surface area (Å²) in [5.41, 5.74) is -0.398. The first kappa shape index (κ1) is 33.0. The molecule has 244 valence electrons. The summed E-state index contributed by atoms with van der Waals surface area (Å²) >= 11 is 0. The van der Waals surface area contributed by atoms with E-state index in [1.165, 1.54) is 6.42 Å². The maximum absolute atomic E-state index is 11.7. The molecule has 0 unspecified atom stereocenters. The summed E-state index contributed by atoms with van der Waals surface area (Å²) in [6.07, 6.45) is 4.61. The van der Waals surface area contributed by atoms with Crippen molar-refractivity contribution in [1.82, 2.24) is 0 Å². The number of hydrogen-bond donors (Lipinski definition) is 4. The monoisotopic (exact) mass is 636 g/mol. The lowest BCUT2D eigenvalue weighted by Gasteiger charge is -2.62. The van der Waals surface area contributed by atoms with Gasteiger partial charge in [0.2, 0.25) is 0 Å². The largest absolute Gasteiger partial charge is 0.397 e. The predicted octanol–water partition coefficient (Wildman–Crippen LogP) is 4.67. The fourth-order valence-corrected chi connectivity index (χ4v) is 12.5. The molecule has 12 heteroatoms. The van der Waals surface area contributed by atoms with Crippen LogP contribution in [-0.4, -0.2) is 61.1 Å². The Morgan fingerprint density at radius 1 is 0.905 bits per heavy atom. The molecule has 5 rings (SSSR count). The molecular formula is C30H52O10S2. The van der Waals surface area contributed by atoms with E-state index in [0.717, 1.165) is 44.4 Å². The van der Waals surface area contributed by atoms with E-state index in [0.29, 0.717) is 17.8 Å². The van der Waals surface area contributed by atoms with Crippen LogP contribution in [0, 0.1) is 63.6 Å². The van der Waals surface area contributed by atoms with E-state index in [1.54, 1.807) is 0 Å². The van der Waals surface area contributed by atoms with Crippen LogP contribution in [0.5, 0.6) is 0 Å². The molecule has 0 aromatic carbocycles. The molecule has 0 spiro atoms. The average molecular weight is 637 g/mol. The second-order valence-electron chi connectivity index (χ2n) is 15.5. The Balaban J connectivity index is 1.37. The van der Waals surface area contributed by atoms with Crippen molar-refractivity contribution in [3.8, 4) is 0 Å². The lowest BCUT2D eigenvalue weighted by Crippen LogP contribution is -2.58. The minimum atomic E-state index is -4.90. The Bertz CT molecular complexity index is 1220. The van der Waals surface area contributed by atoms with Crippen molar-refractivity contribution in [2.75, 3.05) is 6.61 Å². The molecule has 0 aromatic heterocycles. The number of aliphatic hydroxyl groups excluding tert-OH is 2. The highest BCUT2D eigenvalue weighted by Gasteiger charge is 2.65.